The third kappa shape index (κ3) is 4.48. The van der Waals surface area contributed by atoms with E-state index < -0.39 is 0 Å². The van der Waals surface area contributed by atoms with Gasteiger partial charge in [0.1, 0.15) is 0 Å². The molecule has 0 aliphatic heterocycles. The number of hydrogen-bond acceptors (Lipinski definition) is 3. The molecule has 0 spiro atoms. The number of benzene rings is 1. The normalized spacial score (nSPS) is 10.4. The van der Waals surface area contributed by atoms with Gasteiger partial charge in [-0.25, -0.2) is 0 Å². The van der Waals surface area contributed by atoms with Crippen LogP contribution in [0.5, 0.6) is 0 Å². The summed E-state index contributed by atoms with van der Waals surface area (Å²) in [4.78, 5) is 13.2. The van der Waals surface area contributed by atoms with Gasteiger partial charge in [0.25, 0.3) is 5.91 Å². The molecule has 1 aromatic heterocycles. The van der Waals surface area contributed by atoms with Crippen LogP contribution in [0.15, 0.2) is 30.3 Å². The van der Waals surface area contributed by atoms with Crippen molar-refractivity contribution in [2.75, 3.05) is 11.9 Å². The highest BCUT2D eigenvalue weighted by atomic mass is 35.5. The maximum Gasteiger partial charge on any atom is 0.251 e. The Bertz CT molecular complexity index is 624. The highest BCUT2D eigenvalue weighted by Crippen LogP contribution is 2.21. The number of hydrogen-bond donors (Lipinski definition) is 2. The topological polar surface area (TPSA) is 41.1 Å². The fourth-order valence-corrected chi connectivity index (χ4v) is 3.01. The number of anilines is 1. The molecule has 0 aliphatic carbocycles. The molecule has 1 aromatic carbocycles. The summed E-state index contributed by atoms with van der Waals surface area (Å²) in [6.07, 6.45) is 1.07. The molecule has 0 atom stereocenters. The number of halogens is 1. The number of rotatable bonds is 6. The minimum Gasteiger partial charge on any atom is -0.385 e. The summed E-state index contributed by atoms with van der Waals surface area (Å²) in [6.45, 7) is 5.57. The molecular weight excluding hydrogens is 304 g/mol. The zero-order valence-electron chi connectivity index (χ0n) is 12.2. The van der Waals surface area contributed by atoms with Crippen LogP contribution >= 0.6 is 22.9 Å². The minimum atomic E-state index is -0.0651. The predicted octanol–water partition coefficient (Wildman–Crippen LogP) is 4.46. The molecular formula is C16H19ClN2OS. The van der Waals surface area contributed by atoms with E-state index in [4.69, 9.17) is 11.6 Å². The molecule has 0 saturated heterocycles. The van der Waals surface area contributed by atoms with Crippen LogP contribution in [0.1, 0.15) is 34.1 Å². The summed E-state index contributed by atoms with van der Waals surface area (Å²) in [5, 5.41) is 6.26. The molecule has 0 aliphatic rings. The van der Waals surface area contributed by atoms with Crippen LogP contribution in [-0.2, 0) is 6.54 Å². The summed E-state index contributed by atoms with van der Waals surface area (Å²) in [7, 11) is 0. The van der Waals surface area contributed by atoms with Gasteiger partial charge >= 0.3 is 0 Å². The fourth-order valence-electron chi connectivity index (χ4n) is 1.98. The Morgan fingerprint density at radius 3 is 2.71 bits per heavy atom. The standard InChI is InChI=1S/C16H19ClN2OS/c1-3-8-18-14-6-4-12(9-11(14)2)16(20)19-10-13-5-7-15(17)21-13/h4-7,9,18H,3,8,10H2,1-2H3,(H,19,20). The second-order valence-electron chi connectivity index (χ2n) is 4.84. The number of nitrogens with one attached hydrogen (secondary N) is 2. The molecule has 2 aromatic rings. The summed E-state index contributed by atoms with van der Waals surface area (Å²) >= 11 is 7.35. The summed E-state index contributed by atoms with van der Waals surface area (Å²) < 4.78 is 0.737. The van der Waals surface area contributed by atoms with E-state index in [1.54, 1.807) is 0 Å². The quantitative estimate of drug-likeness (QED) is 0.824. The van der Waals surface area contributed by atoms with Gasteiger partial charge in [-0.3, -0.25) is 4.79 Å². The van der Waals surface area contributed by atoms with Gasteiger partial charge in [-0.05, 0) is 49.2 Å². The van der Waals surface area contributed by atoms with Crippen molar-refractivity contribution >= 4 is 34.5 Å². The largest absolute Gasteiger partial charge is 0.385 e. The number of thiophene rings is 1. The Labute approximate surface area is 134 Å². The van der Waals surface area contributed by atoms with E-state index in [9.17, 15) is 4.79 Å². The van der Waals surface area contributed by atoms with Crippen LogP contribution in [0.3, 0.4) is 0 Å². The smallest absolute Gasteiger partial charge is 0.251 e. The molecule has 3 nitrogen and oxygen atoms in total. The molecule has 0 saturated carbocycles. The highest BCUT2D eigenvalue weighted by Gasteiger charge is 2.08. The predicted molar refractivity (Wildman–Crippen MR) is 90.5 cm³/mol. The first kappa shape index (κ1) is 15.9. The Morgan fingerprint density at radius 2 is 2.10 bits per heavy atom. The number of carbonyl (C=O) groups excluding carboxylic acids is 1. The van der Waals surface area contributed by atoms with Gasteiger partial charge in [0, 0.05) is 22.7 Å². The van der Waals surface area contributed by atoms with E-state index >= 15 is 0 Å². The average molecular weight is 323 g/mol. The van der Waals surface area contributed by atoms with Crippen molar-refractivity contribution in [3.63, 3.8) is 0 Å². The van der Waals surface area contributed by atoms with Crippen molar-refractivity contribution in [3.8, 4) is 0 Å². The maximum absolute atomic E-state index is 12.1. The number of carbonyl (C=O) groups is 1. The van der Waals surface area contributed by atoms with E-state index in [0.29, 0.717) is 12.1 Å². The van der Waals surface area contributed by atoms with E-state index in [2.05, 4.69) is 17.6 Å². The Balaban J connectivity index is 1.97. The van der Waals surface area contributed by atoms with Gasteiger partial charge in [-0.15, -0.1) is 11.3 Å². The minimum absolute atomic E-state index is 0.0651. The Hall–Kier alpha value is -1.52. The zero-order chi connectivity index (χ0) is 15.2. The molecule has 21 heavy (non-hydrogen) atoms. The van der Waals surface area contributed by atoms with Crippen molar-refractivity contribution in [2.45, 2.75) is 26.8 Å². The first-order chi connectivity index (χ1) is 10.1. The Morgan fingerprint density at radius 1 is 1.29 bits per heavy atom. The van der Waals surface area contributed by atoms with E-state index in [-0.39, 0.29) is 5.91 Å². The van der Waals surface area contributed by atoms with Gasteiger partial charge in [-0.2, -0.15) is 0 Å². The van der Waals surface area contributed by atoms with Crippen LogP contribution in [0.25, 0.3) is 0 Å². The van der Waals surface area contributed by atoms with Gasteiger partial charge in [0.05, 0.1) is 10.9 Å². The molecule has 0 radical (unpaired) electrons. The van der Waals surface area contributed by atoms with Crippen LogP contribution in [-0.4, -0.2) is 12.5 Å². The van der Waals surface area contributed by atoms with Gasteiger partial charge in [0.2, 0.25) is 0 Å². The molecule has 1 amide bonds. The van der Waals surface area contributed by atoms with E-state index in [1.807, 2.05) is 37.3 Å². The third-order valence-electron chi connectivity index (χ3n) is 3.11. The second kappa shape index (κ2) is 7.48. The van der Waals surface area contributed by atoms with Gasteiger partial charge < -0.3 is 10.6 Å². The van der Waals surface area contributed by atoms with Crippen molar-refractivity contribution in [2.24, 2.45) is 0 Å². The third-order valence-corrected chi connectivity index (χ3v) is 4.34. The average Bonchev–Trinajstić information content (AvgIpc) is 2.89. The molecule has 0 unspecified atom stereocenters. The van der Waals surface area contributed by atoms with E-state index in [0.717, 1.165) is 33.4 Å². The van der Waals surface area contributed by atoms with Crippen LogP contribution in [0.4, 0.5) is 5.69 Å². The summed E-state index contributed by atoms with van der Waals surface area (Å²) in [6, 6.07) is 9.49. The second-order valence-corrected chi connectivity index (χ2v) is 6.64. The van der Waals surface area contributed by atoms with Gasteiger partial charge in [-0.1, -0.05) is 18.5 Å². The van der Waals surface area contributed by atoms with Crippen LogP contribution in [0, 0.1) is 6.92 Å². The van der Waals surface area contributed by atoms with E-state index in [1.165, 1.54) is 11.3 Å². The molecule has 0 bridgehead atoms. The highest BCUT2D eigenvalue weighted by molar-refractivity contribution is 7.16. The molecule has 2 rings (SSSR count). The van der Waals surface area contributed by atoms with Crippen molar-refractivity contribution in [1.82, 2.24) is 5.32 Å². The number of aryl methyl sites for hydroxylation is 1. The lowest BCUT2D eigenvalue weighted by Crippen LogP contribution is -2.22. The van der Waals surface area contributed by atoms with Gasteiger partial charge in [0.15, 0.2) is 0 Å². The lowest BCUT2D eigenvalue weighted by molar-refractivity contribution is 0.0951. The summed E-state index contributed by atoms with van der Waals surface area (Å²) in [5.74, 6) is -0.0651. The first-order valence-electron chi connectivity index (χ1n) is 6.97. The van der Waals surface area contributed by atoms with Crippen LogP contribution in [0.2, 0.25) is 4.34 Å². The monoisotopic (exact) mass is 322 g/mol. The van der Waals surface area contributed by atoms with Crippen LogP contribution < -0.4 is 10.6 Å². The first-order valence-corrected chi connectivity index (χ1v) is 8.16. The molecule has 5 heteroatoms. The maximum atomic E-state index is 12.1. The molecule has 0 fully saturated rings. The molecule has 1 heterocycles. The number of amides is 1. The molecule has 112 valence electrons. The molecule has 2 N–H and O–H groups in total. The van der Waals surface area contributed by atoms with Crippen molar-refractivity contribution in [1.29, 1.82) is 0 Å². The van der Waals surface area contributed by atoms with Crippen molar-refractivity contribution in [3.05, 3.63) is 50.7 Å². The SMILES string of the molecule is CCCNc1ccc(C(=O)NCc2ccc(Cl)s2)cc1C. The zero-order valence-corrected chi connectivity index (χ0v) is 13.8. The van der Waals surface area contributed by atoms with Crippen molar-refractivity contribution < 1.29 is 4.79 Å². The lowest BCUT2D eigenvalue weighted by Gasteiger charge is -2.10. The fraction of sp³-hybridized carbons (Fsp3) is 0.312. The summed E-state index contributed by atoms with van der Waals surface area (Å²) in [5.41, 5.74) is 2.84. The lowest BCUT2D eigenvalue weighted by atomic mass is 10.1. The Kier molecular flexibility index (Phi) is 5.65.